The molecular formula is HAuNNaO2. The molecule has 0 atom stereocenters. The van der Waals surface area contributed by atoms with Crippen molar-refractivity contribution in [1.29, 1.82) is 0 Å². The van der Waals surface area contributed by atoms with Crippen LogP contribution in [-0.4, -0.2) is 29.6 Å². The second kappa shape index (κ2) is 8.94. The van der Waals surface area contributed by atoms with Gasteiger partial charge < -0.3 is 0 Å². The van der Waals surface area contributed by atoms with E-state index in [4.69, 9.17) is 4.91 Å². The van der Waals surface area contributed by atoms with Crippen molar-refractivity contribution < 1.29 is 24.8 Å². The van der Waals surface area contributed by atoms with E-state index in [9.17, 15) is 0 Å². The van der Waals surface area contributed by atoms with E-state index in [1.54, 1.807) is 0 Å². The first-order valence-corrected chi connectivity index (χ1v) is 1.37. The van der Waals surface area contributed by atoms with Crippen LogP contribution in [0.1, 0.15) is 0 Å². The van der Waals surface area contributed by atoms with Gasteiger partial charge in [0.15, 0.2) is 0 Å². The fourth-order valence-electron chi connectivity index (χ4n) is 0. The second-order valence-corrected chi connectivity index (χ2v) is 0.525. The summed E-state index contributed by atoms with van der Waals surface area (Å²) in [4.78, 5) is 8.69. The standard InChI is InChI=1S/Au.HNO2.Na.H/c;2-1-3;;/h;(H,2,3);;/q+1;;;/p-1. The molecule has 3 nitrogen and oxygen atoms in total. The molecule has 0 aliphatic carbocycles. The molecule has 0 aromatic heterocycles. The second-order valence-electron chi connectivity index (χ2n) is 0.130. The molecule has 0 unspecified atom stereocenters. The number of hydrogen-bond donors (Lipinski definition) is 0. The average Bonchev–Trinajstić information content (AvgIpc) is 1.37. The maximum absolute atomic E-state index is 8.69. The van der Waals surface area contributed by atoms with E-state index < -0.39 is 0 Å². The van der Waals surface area contributed by atoms with Crippen LogP contribution < -0.4 is 0 Å². The summed E-state index contributed by atoms with van der Waals surface area (Å²) in [7, 11) is 0. The zero-order valence-corrected chi connectivity index (χ0v) is 3.73. The van der Waals surface area contributed by atoms with Crippen molar-refractivity contribution >= 4 is 29.6 Å². The molecule has 5 heteroatoms. The molecule has 0 aliphatic heterocycles. The molecule has 0 fully saturated rings. The van der Waals surface area contributed by atoms with E-state index >= 15 is 0 Å². The van der Waals surface area contributed by atoms with Gasteiger partial charge in [-0.05, 0) is 0 Å². The number of hydrogen-bond acceptors (Lipinski definition) is 3. The van der Waals surface area contributed by atoms with Gasteiger partial charge in [0.1, 0.15) is 0 Å². The van der Waals surface area contributed by atoms with Crippen molar-refractivity contribution in [3.8, 4) is 0 Å². The molecule has 30 valence electrons. The molecule has 0 aliphatic rings. The summed E-state index contributed by atoms with van der Waals surface area (Å²) in [5.41, 5.74) is 0. The van der Waals surface area contributed by atoms with Gasteiger partial charge in [0, 0.05) is 0 Å². The monoisotopic (exact) mass is 267 g/mol. The Hall–Kier alpha value is 1.14. The fraction of sp³-hybridized carbons (Fsp3) is 0. The number of nitrogens with zero attached hydrogens (tertiary/aromatic N) is 1. The SMILES string of the molecule is O=N[O][Au].[NaH]. The Labute approximate surface area is 64.1 Å². The quantitative estimate of drug-likeness (QED) is 0.365. The van der Waals surface area contributed by atoms with Gasteiger partial charge in [-0.1, -0.05) is 0 Å². The Morgan fingerprint density at radius 1 is 1.80 bits per heavy atom. The summed E-state index contributed by atoms with van der Waals surface area (Å²) < 4.78 is 3.56. The molecule has 0 heterocycles. The van der Waals surface area contributed by atoms with Gasteiger partial charge in [-0.3, -0.25) is 0 Å². The first-order chi connectivity index (χ1) is 1.91. The van der Waals surface area contributed by atoms with Gasteiger partial charge in [0.2, 0.25) is 0 Å². The van der Waals surface area contributed by atoms with Crippen LogP contribution in [0.3, 0.4) is 0 Å². The minimum atomic E-state index is 0. The van der Waals surface area contributed by atoms with Crippen molar-refractivity contribution in [3.05, 3.63) is 4.91 Å². The molecule has 0 aromatic carbocycles. The first kappa shape index (κ1) is 9.46. The van der Waals surface area contributed by atoms with Crippen LogP contribution in [-0.2, 0) is 24.8 Å². The predicted molar refractivity (Wildman–Crippen MR) is 14.0 cm³/mol. The van der Waals surface area contributed by atoms with E-state index in [2.05, 4.69) is 3.35 Å². The van der Waals surface area contributed by atoms with Crippen LogP contribution in [0.5, 0.6) is 0 Å². The zero-order valence-electron chi connectivity index (χ0n) is 1.57. The van der Waals surface area contributed by atoms with Crippen molar-refractivity contribution in [1.82, 2.24) is 0 Å². The topological polar surface area (TPSA) is 38.7 Å². The molecular weight excluding hydrogens is 266 g/mol. The van der Waals surface area contributed by atoms with Crippen molar-refractivity contribution in [2.45, 2.75) is 0 Å². The van der Waals surface area contributed by atoms with Crippen LogP contribution in [0.25, 0.3) is 0 Å². The Morgan fingerprint density at radius 2 is 2.00 bits per heavy atom. The van der Waals surface area contributed by atoms with E-state index in [0.29, 0.717) is 0 Å². The maximum atomic E-state index is 8.69. The predicted octanol–water partition coefficient (Wildman–Crippen LogP) is -0.502. The zero-order chi connectivity index (χ0) is 3.41. The molecule has 0 radical (unpaired) electrons. The number of rotatable bonds is 1. The Morgan fingerprint density at radius 3 is 2.00 bits per heavy atom. The summed E-state index contributed by atoms with van der Waals surface area (Å²) in [6, 6.07) is 0. The molecule has 5 heavy (non-hydrogen) atoms. The molecule has 0 spiro atoms. The van der Waals surface area contributed by atoms with Crippen LogP contribution in [0, 0.1) is 4.91 Å². The molecule has 0 rings (SSSR count). The van der Waals surface area contributed by atoms with Gasteiger partial charge in [0.25, 0.3) is 0 Å². The average molecular weight is 267 g/mol. The van der Waals surface area contributed by atoms with Crippen LogP contribution in [0.2, 0.25) is 0 Å². The minimum absolute atomic E-state index is 0. The van der Waals surface area contributed by atoms with Gasteiger partial charge in [-0.15, -0.1) is 0 Å². The van der Waals surface area contributed by atoms with E-state index in [-0.39, 0.29) is 29.6 Å². The van der Waals surface area contributed by atoms with E-state index in [1.165, 1.54) is 21.5 Å². The third-order valence-corrected chi connectivity index (χ3v) is 0.184. The molecule has 0 amide bonds. The summed E-state index contributed by atoms with van der Waals surface area (Å²) in [5, 5.41) is 1.96. The molecule has 0 bridgehead atoms. The Kier molecular flexibility index (Phi) is 16.9. The van der Waals surface area contributed by atoms with E-state index in [0.717, 1.165) is 0 Å². The van der Waals surface area contributed by atoms with Gasteiger partial charge in [-0.2, -0.15) is 0 Å². The first-order valence-electron chi connectivity index (χ1n) is 0.488. The third kappa shape index (κ3) is 11.1. The van der Waals surface area contributed by atoms with Crippen molar-refractivity contribution in [2.24, 2.45) is 5.34 Å². The summed E-state index contributed by atoms with van der Waals surface area (Å²) in [6.07, 6.45) is 0. The Balaban J connectivity index is 0. The van der Waals surface area contributed by atoms with Gasteiger partial charge in [-0.25, -0.2) is 0 Å². The summed E-state index contributed by atoms with van der Waals surface area (Å²) in [6.45, 7) is 0. The van der Waals surface area contributed by atoms with E-state index in [1.807, 2.05) is 5.34 Å². The Bertz CT molecular complexity index is 23.6. The van der Waals surface area contributed by atoms with Crippen molar-refractivity contribution in [2.75, 3.05) is 0 Å². The van der Waals surface area contributed by atoms with Crippen LogP contribution in [0.15, 0.2) is 5.34 Å². The van der Waals surface area contributed by atoms with Gasteiger partial charge in [0.05, 0.1) is 0 Å². The molecule has 0 aromatic rings. The molecule has 0 saturated carbocycles. The molecule has 0 saturated heterocycles. The van der Waals surface area contributed by atoms with Crippen LogP contribution in [0.4, 0.5) is 0 Å². The summed E-state index contributed by atoms with van der Waals surface area (Å²) >= 11 is 1.52. The third-order valence-electron chi connectivity index (χ3n) is 0.0225. The normalized spacial score (nSPS) is 4.40. The molecule has 0 N–H and O–H groups in total. The van der Waals surface area contributed by atoms with Crippen LogP contribution >= 0.6 is 0 Å². The van der Waals surface area contributed by atoms with Gasteiger partial charge >= 0.3 is 64.6 Å². The summed E-state index contributed by atoms with van der Waals surface area (Å²) in [5.74, 6) is 0. The fourth-order valence-corrected chi connectivity index (χ4v) is 0. The van der Waals surface area contributed by atoms with Crippen molar-refractivity contribution in [3.63, 3.8) is 0 Å².